The molecule has 2 unspecified atom stereocenters. The van der Waals surface area contributed by atoms with Crippen LogP contribution in [0, 0.1) is 17.6 Å². The highest BCUT2D eigenvalue weighted by Crippen LogP contribution is 2.44. The number of carbonyl (C=O) groups excluding carboxylic acids is 1. The first-order valence-electron chi connectivity index (χ1n) is 11.2. The Morgan fingerprint density at radius 3 is 2.35 bits per heavy atom. The molecular weight excluding hydrogens is 390 g/mol. The summed E-state index contributed by atoms with van der Waals surface area (Å²) in [7, 11) is 0. The van der Waals surface area contributed by atoms with Crippen molar-refractivity contribution >= 4 is 5.78 Å². The van der Waals surface area contributed by atoms with Gasteiger partial charge in [-0.2, -0.15) is 0 Å². The van der Waals surface area contributed by atoms with Crippen molar-refractivity contribution in [2.24, 2.45) is 5.92 Å². The van der Waals surface area contributed by atoms with E-state index in [-0.39, 0.29) is 17.2 Å². The van der Waals surface area contributed by atoms with Crippen LogP contribution in [-0.2, 0) is 6.42 Å². The normalized spacial score (nSPS) is 15.5. The molecule has 3 aromatic rings. The average molecular weight is 419 g/mol. The lowest BCUT2D eigenvalue weighted by Crippen LogP contribution is -2.16. The Morgan fingerprint density at radius 2 is 1.68 bits per heavy atom. The third kappa shape index (κ3) is 5.10. The van der Waals surface area contributed by atoms with Crippen LogP contribution in [0.3, 0.4) is 0 Å². The van der Waals surface area contributed by atoms with Gasteiger partial charge in [-0.1, -0.05) is 55.5 Å². The zero-order chi connectivity index (χ0) is 21.8. The molecule has 0 amide bonds. The van der Waals surface area contributed by atoms with Crippen LogP contribution in [0.15, 0.2) is 72.8 Å². The molecule has 4 rings (SSSR count). The van der Waals surface area contributed by atoms with E-state index in [1.807, 2.05) is 0 Å². The fraction of sp³-hybridized carbons (Fsp3) is 0.321. The van der Waals surface area contributed by atoms with E-state index in [0.29, 0.717) is 18.8 Å². The van der Waals surface area contributed by atoms with Gasteiger partial charge in [-0.05, 0) is 84.9 Å². The summed E-state index contributed by atoms with van der Waals surface area (Å²) in [5.41, 5.74) is 3.37. The Balaban J connectivity index is 1.57. The van der Waals surface area contributed by atoms with E-state index < -0.39 is 11.7 Å². The smallest absolute Gasteiger partial charge is 0.173 e. The largest absolute Gasteiger partial charge is 0.293 e. The van der Waals surface area contributed by atoms with Gasteiger partial charge in [0.05, 0.1) is 5.56 Å². The van der Waals surface area contributed by atoms with Crippen molar-refractivity contribution in [3.8, 4) is 0 Å². The molecular formula is C28H28F2O. The van der Waals surface area contributed by atoms with Crippen LogP contribution in [-0.4, -0.2) is 5.78 Å². The van der Waals surface area contributed by atoms with E-state index in [0.717, 1.165) is 17.9 Å². The maximum absolute atomic E-state index is 14.3. The molecule has 1 fully saturated rings. The first-order valence-corrected chi connectivity index (χ1v) is 11.2. The SMILES string of the molecule is CCC(c1cccc(CCC(C(=O)c2ccccc2F)c2ccc(F)cc2)c1)C1CC1. The summed E-state index contributed by atoms with van der Waals surface area (Å²) in [6.45, 7) is 2.24. The van der Waals surface area contributed by atoms with Gasteiger partial charge in [0.1, 0.15) is 11.6 Å². The molecule has 1 aliphatic rings. The third-order valence-corrected chi connectivity index (χ3v) is 6.46. The summed E-state index contributed by atoms with van der Waals surface area (Å²) < 4.78 is 27.8. The zero-order valence-corrected chi connectivity index (χ0v) is 17.9. The van der Waals surface area contributed by atoms with Gasteiger partial charge in [0.25, 0.3) is 0 Å². The lowest BCUT2D eigenvalue weighted by Gasteiger charge is -2.19. The Labute approximate surface area is 183 Å². The molecule has 3 heteroatoms. The van der Waals surface area contributed by atoms with Gasteiger partial charge in [0, 0.05) is 5.92 Å². The van der Waals surface area contributed by atoms with Gasteiger partial charge in [0.2, 0.25) is 0 Å². The summed E-state index contributed by atoms with van der Waals surface area (Å²) in [6, 6.07) is 20.7. The summed E-state index contributed by atoms with van der Waals surface area (Å²) in [5.74, 6) is -0.240. The molecule has 3 aromatic carbocycles. The number of aryl methyl sites for hydroxylation is 1. The van der Waals surface area contributed by atoms with Gasteiger partial charge in [-0.15, -0.1) is 0 Å². The van der Waals surface area contributed by atoms with Gasteiger partial charge in [-0.3, -0.25) is 4.79 Å². The summed E-state index contributed by atoms with van der Waals surface area (Å²) in [5, 5.41) is 0. The fourth-order valence-electron chi connectivity index (χ4n) is 4.62. The lowest BCUT2D eigenvalue weighted by atomic mass is 9.85. The zero-order valence-electron chi connectivity index (χ0n) is 17.9. The van der Waals surface area contributed by atoms with Crippen LogP contribution in [0.4, 0.5) is 8.78 Å². The summed E-state index contributed by atoms with van der Waals surface area (Å²) in [6.07, 6.45) is 5.01. The van der Waals surface area contributed by atoms with Crippen LogP contribution in [0.25, 0.3) is 0 Å². The number of hydrogen-bond acceptors (Lipinski definition) is 1. The van der Waals surface area contributed by atoms with E-state index >= 15 is 0 Å². The lowest BCUT2D eigenvalue weighted by molar-refractivity contribution is 0.0951. The third-order valence-electron chi connectivity index (χ3n) is 6.46. The highest BCUT2D eigenvalue weighted by Gasteiger charge is 2.31. The standard InChI is InChI=1S/C28H28F2O/c1-2-24(20-11-12-20)22-7-5-6-19(18-22)10-17-25(21-13-15-23(29)16-14-21)28(31)26-8-3-4-9-27(26)30/h3-9,13-16,18,20,24-25H,2,10-12,17H2,1H3. The van der Waals surface area contributed by atoms with Crippen LogP contribution < -0.4 is 0 Å². The number of Topliss-reactive ketones (excluding diaryl/α,β-unsaturated/α-hetero) is 1. The van der Waals surface area contributed by atoms with Crippen molar-refractivity contribution < 1.29 is 13.6 Å². The maximum atomic E-state index is 14.3. The molecule has 0 aliphatic heterocycles. The average Bonchev–Trinajstić information content (AvgIpc) is 3.61. The van der Waals surface area contributed by atoms with Crippen molar-refractivity contribution in [1.29, 1.82) is 0 Å². The first-order chi connectivity index (χ1) is 15.1. The Kier molecular flexibility index (Phi) is 6.60. The summed E-state index contributed by atoms with van der Waals surface area (Å²) >= 11 is 0. The Bertz CT molecular complexity index is 1040. The fourth-order valence-corrected chi connectivity index (χ4v) is 4.62. The predicted octanol–water partition coefficient (Wildman–Crippen LogP) is 7.47. The second-order valence-electron chi connectivity index (χ2n) is 8.58. The van der Waals surface area contributed by atoms with Crippen molar-refractivity contribution in [3.05, 3.63) is 107 Å². The molecule has 0 aromatic heterocycles. The van der Waals surface area contributed by atoms with E-state index in [1.54, 1.807) is 24.3 Å². The molecule has 31 heavy (non-hydrogen) atoms. The number of carbonyl (C=O) groups is 1. The molecule has 0 N–H and O–H groups in total. The maximum Gasteiger partial charge on any atom is 0.173 e. The Morgan fingerprint density at radius 1 is 0.935 bits per heavy atom. The quantitative estimate of drug-likeness (QED) is 0.329. The number of ketones is 1. The van der Waals surface area contributed by atoms with Crippen LogP contribution in [0.1, 0.15) is 71.5 Å². The van der Waals surface area contributed by atoms with E-state index in [9.17, 15) is 13.6 Å². The van der Waals surface area contributed by atoms with Crippen molar-refractivity contribution in [2.45, 2.75) is 50.9 Å². The van der Waals surface area contributed by atoms with Crippen LogP contribution in [0.2, 0.25) is 0 Å². The van der Waals surface area contributed by atoms with Crippen molar-refractivity contribution in [2.75, 3.05) is 0 Å². The number of hydrogen-bond donors (Lipinski definition) is 0. The monoisotopic (exact) mass is 418 g/mol. The van der Waals surface area contributed by atoms with Crippen LogP contribution in [0.5, 0.6) is 0 Å². The molecule has 0 radical (unpaired) electrons. The molecule has 1 nitrogen and oxygen atoms in total. The second kappa shape index (κ2) is 9.55. The van der Waals surface area contributed by atoms with E-state index in [4.69, 9.17) is 0 Å². The molecule has 2 atom stereocenters. The number of rotatable bonds is 9. The van der Waals surface area contributed by atoms with Gasteiger partial charge < -0.3 is 0 Å². The molecule has 160 valence electrons. The van der Waals surface area contributed by atoms with Crippen molar-refractivity contribution in [3.63, 3.8) is 0 Å². The minimum absolute atomic E-state index is 0.0883. The topological polar surface area (TPSA) is 17.1 Å². The van der Waals surface area contributed by atoms with Gasteiger partial charge in [-0.25, -0.2) is 8.78 Å². The molecule has 0 saturated heterocycles. The van der Waals surface area contributed by atoms with Crippen molar-refractivity contribution in [1.82, 2.24) is 0 Å². The second-order valence-corrected chi connectivity index (χ2v) is 8.58. The highest BCUT2D eigenvalue weighted by molar-refractivity contribution is 6.01. The van der Waals surface area contributed by atoms with E-state index in [1.165, 1.54) is 48.2 Å². The van der Waals surface area contributed by atoms with Crippen LogP contribution >= 0.6 is 0 Å². The molecule has 0 bridgehead atoms. The molecule has 1 saturated carbocycles. The number of halogens is 2. The first kappa shape index (κ1) is 21.4. The minimum Gasteiger partial charge on any atom is -0.293 e. The summed E-state index contributed by atoms with van der Waals surface area (Å²) in [4.78, 5) is 13.3. The highest BCUT2D eigenvalue weighted by atomic mass is 19.1. The molecule has 0 spiro atoms. The van der Waals surface area contributed by atoms with E-state index in [2.05, 4.69) is 31.2 Å². The Hall–Kier alpha value is -2.81. The molecule has 0 heterocycles. The predicted molar refractivity (Wildman–Crippen MR) is 120 cm³/mol. The number of benzene rings is 3. The van der Waals surface area contributed by atoms with Gasteiger partial charge >= 0.3 is 0 Å². The minimum atomic E-state index is -0.522. The molecule has 1 aliphatic carbocycles. The van der Waals surface area contributed by atoms with Gasteiger partial charge in [0.15, 0.2) is 5.78 Å².